The molecule has 68 heavy (non-hydrogen) atoms. The molecule has 11 heteroatoms. The van der Waals surface area contributed by atoms with Crippen LogP contribution in [0, 0.1) is 0 Å². The maximum atomic E-state index is 13.2. The summed E-state index contributed by atoms with van der Waals surface area (Å²) in [6, 6.07) is -1.18. The minimum atomic E-state index is -1.66. The van der Waals surface area contributed by atoms with Crippen LogP contribution in [0.4, 0.5) is 0 Å². The highest BCUT2D eigenvalue weighted by molar-refractivity contribution is 5.80. The molecule has 9 unspecified atom stereocenters. The highest BCUT2D eigenvalue weighted by atomic mass is 16.7. The van der Waals surface area contributed by atoms with Gasteiger partial charge in [-0.3, -0.25) is 4.79 Å². The second-order valence-electron chi connectivity index (χ2n) is 20.7. The molecule has 0 aromatic carbocycles. The Morgan fingerprint density at radius 3 is 1.26 bits per heavy atom. The van der Waals surface area contributed by atoms with E-state index in [-0.39, 0.29) is 12.8 Å². The van der Waals surface area contributed by atoms with Crippen LogP contribution in [0.2, 0.25) is 0 Å². The molecule has 1 aliphatic heterocycles. The number of ether oxygens (including phenoxy) is 2. The third-order valence-electron chi connectivity index (χ3n) is 14.3. The van der Waals surface area contributed by atoms with E-state index in [4.69, 9.17) is 9.47 Å². The quantitative estimate of drug-likeness (QED) is 0.0215. The molecule has 0 aromatic rings. The number of nitrogens with one attached hydrogen (secondary N) is 1. The van der Waals surface area contributed by atoms with Crippen molar-refractivity contribution >= 4 is 5.91 Å². The monoisotopic (exact) mass is 970 g/mol. The summed E-state index contributed by atoms with van der Waals surface area (Å²) in [5, 5.41) is 76.1. The van der Waals surface area contributed by atoms with E-state index in [1.807, 2.05) is 0 Å². The highest BCUT2D eigenvalue weighted by Crippen LogP contribution is 2.23. The van der Waals surface area contributed by atoms with E-state index in [2.05, 4.69) is 31.3 Å². The van der Waals surface area contributed by atoms with E-state index < -0.39 is 74.2 Å². The van der Waals surface area contributed by atoms with Crippen LogP contribution < -0.4 is 5.32 Å². The number of unbranched alkanes of at least 4 members (excludes halogenated alkanes) is 36. The van der Waals surface area contributed by atoms with Crippen molar-refractivity contribution in [3.8, 4) is 0 Å². The minimum absolute atomic E-state index is 0.260. The summed E-state index contributed by atoms with van der Waals surface area (Å²) >= 11 is 0. The zero-order valence-corrected chi connectivity index (χ0v) is 44.1. The van der Waals surface area contributed by atoms with Gasteiger partial charge >= 0.3 is 0 Å². The largest absolute Gasteiger partial charge is 0.394 e. The number of allylic oxidation sites excluding steroid dienone is 2. The van der Waals surface area contributed by atoms with Crippen LogP contribution in [0.3, 0.4) is 0 Å². The fraction of sp³-hybridized carbons (Fsp3) is 0.947. The topological polar surface area (TPSA) is 189 Å². The van der Waals surface area contributed by atoms with E-state index >= 15 is 0 Å². The maximum Gasteiger partial charge on any atom is 0.249 e. The molecule has 0 bridgehead atoms. The fourth-order valence-electron chi connectivity index (χ4n) is 9.56. The maximum absolute atomic E-state index is 13.2. The molecular weight excluding hydrogens is 859 g/mol. The van der Waals surface area contributed by atoms with Crippen molar-refractivity contribution in [3.05, 3.63) is 12.2 Å². The van der Waals surface area contributed by atoms with Gasteiger partial charge in [-0.25, -0.2) is 0 Å². The first-order valence-electron chi connectivity index (χ1n) is 29.1. The Kier molecular flexibility index (Phi) is 44.7. The van der Waals surface area contributed by atoms with Gasteiger partial charge in [-0.1, -0.05) is 251 Å². The predicted molar refractivity (Wildman–Crippen MR) is 279 cm³/mol. The molecule has 0 radical (unpaired) electrons. The lowest BCUT2D eigenvalue weighted by molar-refractivity contribution is -0.303. The standard InChI is InChI=1S/C57H111NO10/c1-3-5-7-9-11-13-15-17-19-21-23-24-25-26-27-29-31-33-35-37-39-41-43-45-50(61)56(66)58-48(47-67-57-55(65)54(64)53(63)51(46-59)68-57)52(62)49(60)44-42-40-38-36-34-32-30-28-22-20-18-16-14-12-10-8-6-4-2/h36,38,48-55,57,59-65H,3-35,37,39-47H2,1-2H3,(H,58,66)/b38-36+. The van der Waals surface area contributed by atoms with Gasteiger partial charge in [-0.2, -0.15) is 0 Å². The first-order valence-corrected chi connectivity index (χ1v) is 29.1. The van der Waals surface area contributed by atoms with Crippen molar-refractivity contribution in [3.63, 3.8) is 0 Å². The lowest BCUT2D eigenvalue weighted by atomic mass is 9.98. The molecule has 8 N–H and O–H groups in total. The second kappa shape index (κ2) is 46.9. The van der Waals surface area contributed by atoms with Gasteiger partial charge < -0.3 is 50.5 Å². The van der Waals surface area contributed by atoms with Gasteiger partial charge in [0.1, 0.15) is 36.6 Å². The van der Waals surface area contributed by atoms with Gasteiger partial charge in [0.2, 0.25) is 5.91 Å². The number of aliphatic hydroxyl groups is 7. The zero-order chi connectivity index (χ0) is 49.7. The van der Waals surface area contributed by atoms with Crippen molar-refractivity contribution in [1.29, 1.82) is 0 Å². The average Bonchev–Trinajstić information content (AvgIpc) is 3.34. The summed E-state index contributed by atoms with van der Waals surface area (Å²) in [5.74, 6) is -0.700. The average molecular weight is 971 g/mol. The van der Waals surface area contributed by atoms with Crippen LogP contribution in [0.25, 0.3) is 0 Å². The second-order valence-corrected chi connectivity index (χ2v) is 20.7. The molecule has 1 heterocycles. The molecule has 1 fully saturated rings. The summed E-state index contributed by atoms with van der Waals surface area (Å²) in [6.45, 7) is 3.48. The van der Waals surface area contributed by atoms with Crippen molar-refractivity contribution in [2.24, 2.45) is 0 Å². The Hall–Kier alpha value is -1.15. The molecule has 0 aliphatic carbocycles. The molecule has 9 atom stereocenters. The lowest BCUT2D eigenvalue weighted by Gasteiger charge is -2.40. The van der Waals surface area contributed by atoms with Crippen molar-refractivity contribution in [2.45, 2.75) is 332 Å². The van der Waals surface area contributed by atoms with E-state index in [0.29, 0.717) is 12.8 Å². The van der Waals surface area contributed by atoms with E-state index in [1.165, 1.54) is 199 Å². The van der Waals surface area contributed by atoms with E-state index in [0.717, 1.165) is 38.5 Å². The summed E-state index contributed by atoms with van der Waals surface area (Å²) in [6.07, 6.45) is 42.7. The fourth-order valence-corrected chi connectivity index (χ4v) is 9.56. The van der Waals surface area contributed by atoms with Crippen LogP contribution in [-0.4, -0.2) is 110 Å². The Morgan fingerprint density at radius 1 is 0.500 bits per heavy atom. The van der Waals surface area contributed by atoms with Gasteiger partial charge in [0, 0.05) is 0 Å². The van der Waals surface area contributed by atoms with Gasteiger partial charge in [0.15, 0.2) is 6.29 Å². The van der Waals surface area contributed by atoms with Crippen LogP contribution in [0.1, 0.15) is 277 Å². The number of carbonyl (C=O) groups is 1. The first-order chi connectivity index (χ1) is 33.2. The van der Waals surface area contributed by atoms with Gasteiger partial charge in [0.05, 0.1) is 25.4 Å². The molecule has 1 rings (SSSR count). The highest BCUT2D eigenvalue weighted by Gasteiger charge is 2.44. The van der Waals surface area contributed by atoms with Gasteiger partial charge in [0.25, 0.3) is 0 Å². The molecule has 11 nitrogen and oxygen atoms in total. The van der Waals surface area contributed by atoms with Crippen LogP contribution in [-0.2, 0) is 14.3 Å². The predicted octanol–water partition coefficient (Wildman–Crippen LogP) is 12.0. The third-order valence-corrected chi connectivity index (χ3v) is 14.3. The number of amides is 1. The summed E-state index contributed by atoms with van der Waals surface area (Å²) < 4.78 is 11.1. The molecule has 1 saturated heterocycles. The van der Waals surface area contributed by atoms with Crippen LogP contribution >= 0.6 is 0 Å². The number of hydrogen-bond donors (Lipinski definition) is 8. The number of hydrogen-bond acceptors (Lipinski definition) is 10. The van der Waals surface area contributed by atoms with Crippen LogP contribution in [0.15, 0.2) is 12.2 Å². The van der Waals surface area contributed by atoms with E-state index in [9.17, 15) is 40.5 Å². The number of aliphatic hydroxyl groups excluding tert-OH is 7. The van der Waals surface area contributed by atoms with Crippen LogP contribution in [0.5, 0.6) is 0 Å². The molecule has 1 amide bonds. The number of rotatable bonds is 50. The molecule has 0 saturated carbocycles. The number of carbonyl (C=O) groups excluding carboxylic acids is 1. The molecule has 404 valence electrons. The first kappa shape index (κ1) is 64.9. The SMILES string of the molecule is CCCCCCCCCCCCCCC/C=C/CCCC(O)C(O)C(COC1OC(CO)C(O)C(O)C1O)NC(=O)C(O)CCCCCCCCCCCCCCCCCCCCCCCCC. The normalized spacial score (nSPS) is 20.5. The van der Waals surface area contributed by atoms with Crippen molar-refractivity contribution < 1.29 is 50.0 Å². The molecule has 0 spiro atoms. The Morgan fingerprint density at radius 2 is 0.868 bits per heavy atom. The lowest BCUT2D eigenvalue weighted by Crippen LogP contribution is -2.60. The summed E-state index contributed by atoms with van der Waals surface area (Å²) in [5.41, 5.74) is 0. The summed E-state index contributed by atoms with van der Waals surface area (Å²) in [7, 11) is 0. The molecular formula is C57H111NO10. The van der Waals surface area contributed by atoms with Gasteiger partial charge in [-0.15, -0.1) is 0 Å². The Labute approximate surface area is 417 Å². The molecule has 1 aliphatic rings. The third kappa shape index (κ3) is 35.1. The van der Waals surface area contributed by atoms with Crippen molar-refractivity contribution in [2.75, 3.05) is 13.2 Å². The minimum Gasteiger partial charge on any atom is -0.394 e. The zero-order valence-electron chi connectivity index (χ0n) is 44.1. The Bertz CT molecular complexity index is 1110. The van der Waals surface area contributed by atoms with Gasteiger partial charge in [-0.05, 0) is 38.5 Å². The van der Waals surface area contributed by atoms with Crippen molar-refractivity contribution in [1.82, 2.24) is 5.32 Å². The Balaban J connectivity index is 2.31. The molecule has 0 aromatic heterocycles. The smallest absolute Gasteiger partial charge is 0.249 e. The summed E-state index contributed by atoms with van der Waals surface area (Å²) in [4.78, 5) is 13.2. The van der Waals surface area contributed by atoms with E-state index in [1.54, 1.807) is 0 Å².